The first-order chi connectivity index (χ1) is 13.7. The van der Waals surface area contributed by atoms with Crippen molar-refractivity contribution in [2.45, 2.75) is 19.9 Å². The van der Waals surface area contributed by atoms with Gasteiger partial charge in [-0.15, -0.1) is 0 Å². The Hall–Kier alpha value is -3.82. The Bertz CT molecular complexity index is 931. The van der Waals surface area contributed by atoms with Crippen molar-refractivity contribution in [3.63, 3.8) is 0 Å². The summed E-state index contributed by atoms with van der Waals surface area (Å²) in [5, 5.41) is 19.3. The lowest BCUT2D eigenvalue weighted by atomic mass is 10.2. The Kier molecular flexibility index (Phi) is 6.96. The number of nitrogens with one attached hydrogen (secondary N) is 3. The number of carbonyl (C=O) groups is 2. The van der Waals surface area contributed by atoms with Crippen molar-refractivity contribution in [1.29, 1.82) is 0 Å². The molecule has 0 saturated heterocycles. The summed E-state index contributed by atoms with van der Waals surface area (Å²) in [5.74, 6) is 0.0912. The second-order valence-corrected chi connectivity index (χ2v) is 6.09. The number of non-ortho nitro benzene ring substituents is 1. The number of carbonyl (C=O) groups excluding carboxylic acids is 2. The summed E-state index contributed by atoms with van der Waals surface area (Å²) in [7, 11) is 2.88. The minimum absolute atomic E-state index is 0.175. The van der Waals surface area contributed by atoms with Crippen LogP contribution < -0.4 is 25.4 Å². The maximum absolute atomic E-state index is 12.6. The number of methoxy groups -OCH3 is 2. The minimum atomic E-state index is -0.736. The van der Waals surface area contributed by atoms with Crippen molar-refractivity contribution >= 4 is 34.6 Å². The summed E-state index contributed by atoms with van der Waals surface area (Å²) in [6.07, 6.45) is 0. The largest absolute Gasteiger partial charge is 0.495 e. The predicted molar refractivity (Wildman–Crippen MR) is 109 cm³/mol. The van der Waals surface area contributed by atoms with Crippen LogP contribution in [0.1, 0.15) is 13.8 Å². The number of benzene rings is 2. The van der Waals surface area contributed by atoms with Gasteiger partial charge in [-0.1, -0.05) is 0 Å². The molecule has 2 amide bonds. The van der Waals surface area contributed by atoms with Crippen molar-refractivity contribution in [1.82, 2.24) is 0 Å². The molecule has 0 fully saturated rings. The van der Waals surface area contributed by atoms with Crippen LogP contribution in [0.2, 0.25) is 0 Å². The minimum Gasteiger partial charge on any atom is -0.495 e. The number of anilines is 3. The molecule has 0 aliphatic carbocycles. The Morgan fingerprint density at radius 2 is 1.62 bits per heavy atom. The summed E-state index contributed by atoms with van der Waals surface area (Å²) in [4.78, 5) is 34.3. The zero-order valence-electron chi connectivity index (χ0n) is 16.4. The highest BCUT2D eigenvalue weighted by molar-refractivity contribution is 5.98. The van der Waals surface area contributed by atoms with Gasteiger partial charge < -0.3 is 25.4 Å². The van der Waals surface area contributed by atoms with Gasteiger partial charge in [-0.3, -0.25) is 19.7 Å². The normalized spacial score (nSPS) is 11.2. The molecule has 0 heterocycles. The van der Waals surface area contributed by atoms with Crippen molar-refractivity contribution in [2.24, 2.45) is 0 Å². The van der Waals surface area contributed by atoms with Crippen molar-refractivity contribution in [2.75, 3.05) is 30.2 Å². The predicted octanol–water partition coefficient (Wildman–Crippen LogP) is 3.01. The molecule has 0 aliphatic rings. The van der Waals surface area contributed by atoms with Crippen molar-refractivity contribution in [3.05, 3.63) is 46.5 Å². The van der Waals surface area contributed by atoms with Crippen LogP contribution >= 0.6 is 0 Å². The number of rotatable bonds is 8. The fourth-order valence-corrected chi connectivity index (χ4v) is 2.55. The second-order valence-electron chi connectivity index (χ2n) is 6.09. The molecule has 10 heteroatoms. The third-order valence-corrected chi connectivity index (χ3v) is 3.94. The number of nitrogens with zero attached hydrogens (tertiary/aromatic N) is 1. The Morgan fingerprint density at radius 1 is 1.00 bits per heavy atom. The maximum atomic E-state index is 12.6. The Morgan fingerprint density at radius 3 is 2.21 bits per heavy atom. The van der Waals surface area contributed by atoms with E-state index in [2.05, 4.69) is 16.0 Å². The molecule has 1 atom stereocenters. The average molecular weight is 402 g/mol. The SMILES string of the molecule is COc1ccc([N+](=O)[O-])cc1NC(=O)[C@@H](C)Nc1cc(NC(C)=O)ccc1OC. The van der Waals surface area contributed by atoms with E-state index in [1.807, 2.05) is 0 Å². The number of nitro benzene ring substituents is 1. The summed E-state index contributed by atoms with van der Waals surface area (Å²) >= 11 is 0. The first kappa shape index (κ1) is 21.5. The molecule has 154 valence electrons. The molecule has 10 nitrogen and oxygen atoms in total. The van der Waals surface area contributed by atoms with Gasteiger partial charge in [-0.25, -0.2) is 0 Å². The molecule has 29 heavy (non-hydrogen) atoms. The van der Waals surface area contributed by atoms with Crippen LogP contribution in [0.25, 0.3) is 0 Å². The van der Waals surface area contributed by atoms with E-state index < -0.39 is 16.9 Å². The Labute approximate surface area is 167 Å². The molecule has 2 aromatic carbocycles. The third-order valence-electron chi connectivity index (χ3n) is 3.94. The van der Waals surface area contributed by atoms with Crippen molar-refractivity contribution < 1.29 is 24.0 Å². The highest BCUT2D eigenvalue weighted by Gasteiger charge is 2.19. The molecule has 2 aromatic rings. The molecule has 0 bridgehead atoms. The summed E-state index contributed by atoms with van der Waals surface area (Å²) < 4.78 is 10.4. The lowest BCUT2D eigenvalue weighted by Crippen LogP contribution is -2.32. The second kappa shape index (κ2) is 9.40. The first-order valence-electron chi connectivity index (χ1n) is 8.60. The van der Waals surface area contributed by atoms with Gasteiger partial charge in [0.25, 0.3) is 5.69 Å². The first-order valence-corrected chi connectivity index (χ1v) is 8.60. The van der Waals surface area contributed by atoms with E-state index in [9.17, 15) is 19.7 Å². The molecule has 0 saturated carbocycles. The molecular formula is C19H22N4O6. The van der Waals surface area contributed by atoms with Crippen LogP contribution in [0.15, 0.2) is 36.4 Å². The van der Waals surface area contributed by atoms with Crippen LogP contribution in [0.5, 0.6) is 11.5 Å². The number of ether oxygens (including phenoxy) is 2. The summed E-state index contributed by atoms with van der Waals surface area (Å²) in [6, 6.07) is 8.14. The number of amides is 2. The van der Waals surface area contributed by atoms with Crippen molar-refractivity contribution in [3.8, 4) is 11.5 Å². The van der Waals surface area contributed by atoms with Gasteiger partial charge in [0.2, 0.25) is 11.8 Å². The third kappa shape index (κ3) is 5.58. The quantitative estimate of drug-likeness (QED) is 0.457. The van der Waals surface area contributed by atoms with E-state index in [1.165, 1.54) is 39.3 Å². The lowest BCUT2D eigenvalue weighted by molar-refractivity contribution is -0.384. The van der Waals surface area contributed by atoms with E-state index in [0.29, 0.717) is 22.9 Å². The summed E-state index contributed by atoms with van der Waals surface area (Å²) in [6.45, 7) is 3.00. The standard InChI is InChI=1S/C19H22N4O6/c1-11(20-15-9-13(21-12(2)24)5-7-17(15)28-3)19(25)22-16-10-14(23(26)27)6-8-18(16)29-4/h5-11,20H,1-4H3,(H,21,24)(H,22,25)/t11-/m1/s1. The van der Waals surface area contributed by atoms with Crippen LogP contribution in [-0.2, 0) is 9.59 Å². The lowest BCUT2D eigenvalue weighted by Gasteiger charge is -2.19. The topological polar surface area (TPSA) is 132 Å². The van der Waals surface area contributed by atoms with Gasteiger partial charge in [0.1, 0.15) is 17.5 Å². The molecule has 0 unspecified atom stereocenters. The fraction of sp³-hybridized carbons (Fsp3) is 0.263. The van der Waals surface area contributed by atoms with Gasteiger partial charge >= 0.3 is 0 Å². The van der Waals surface area contributed by atoms with E-state index >= 15 is 0 Å². The van der Waals surface area contributed by atoms with Gasteiger partial charge in [0.15, 0.2) is 0 Å². The Balaban J connectivity index is 2.20. The fourth-order valence-electron chi connectivity index (χ4n) is 2.55. The molecule has 2 rings (SSSR count). The number of hydrogen-bond donors (Lipinski definition) is 3. The molecular weight excluding hydrogens is 380 g/mol. The molecule has 0 aromatic heterocycles. The maximum Gasteiger partial charge on any atom is 0.271 e. The zero-order valence-corrected chi connectivity index (χ0v) is 16.4. The zero-order chi connectivity index (χ0) is 21.6. The molecule has 0 radical (unpaired) electrons. The monoisotopic (exact) mass is 402 g/mol. The highest BCUT2D eigenvalue weighted by Crippen LogP contribution is 2.30. The van der Waals surface area contributed by atoms with Crippen LogP contribution in [0.3, 0.4) is 0 Å². The van der Waals surface area contributed by atoms with Gasteiger partial charge in [0, 0.05) is 24.7 Å². The van der Waals surface area contributed by atoms with E-state index in [-0.39, 0.29) is 17.3 Å². The van der Waals surface area contributed by atoms with E-state index in [1.54, 1.807) is 25.1 Å². The van der Waals surface area contributed by atoms with E-state index in [0.717, 1.165) is 0 Å². The van der Waals surface area contributed by atoms with Crippen LogP contribution in [-0.4, -0.2) is 37.0 Å². The van der Waals surface area contributed by atoms with E-state index in [4.69, 9.17) is 9.47 Å². The highest BCUT2D eigenvalue weighted by atomic mass is 16.6. The molecule has 0 aliphatic heterocycles. The van der Waals surface area contributed by atoms with Gasteiger partial charge in [-0.2, -0.15) is 0 Å². The van der Waals surface area contributed by atoms with Crippen LogP contribution in [0.4, 0.5) is 22.7 Å². The molecule has 3 N–H and O–H groups in total. The number of hydrogen-bond acceptors (Lipinski definition) is 7. The average Bonchev–Trinajstić information content (AvgIpc) is 2.67. The molecule has 0 spiro atoms. The number of nitro groups is 1. The smallest absolute Gasteiger partial charge is 0.271 e. The summed E-state index contributed by atoms with van der Waals surface area (Å²) in [5.41, 5.74) is 1.03. The van der Waals surface area contributed by atoms with Crippen LogP contribution in [0, 0.1) is 10.1 Å². The van der Waals surface area contributed by atoms with Gasteiger partial charge in [-0.05, 0) is 31.2 Å². The van der Waals surface area contributed by atoms with Gasteiger partial charge in [0.05, 0.1) is 30.5 Å².